The van der Waals surface area contributed by atoms with Gasteiger partial charge in [0.1, 0.15) is 5.60 Å². The van der Waals surface area contributed by atoms with E-state index in [1.807, 2.05) is 39.8 Å². The first-order valence-corrected chi connectivity index (χ1v) is 8.42. The highest BCUT2D eigenvalue weighted by Crippen LogP contribution is 2.30. The molecule has 1 fully saturated rings. The number of amides is 1. The van der Waals surface area contributed by atoms with E-state index in [1.165, 1.54) is 5.57 Å². The summed E-state index contributed by atoms with van der Waals surface area (Å²) in [5.74, 6) is 0. The number of nitrogens with one attached hydrogen (secondary N) is 1. The van der Waals surface area contributed by atoms with Gasteiger partial charge in [0.05, 0.1) is 5.03 Å². The number of ether oxygens (including phenoxy) is 1. The van der Waals surface area contributed by atoms with Crippen molar-refractivity contribution in [2.24, 2.45) is 0 Å². The van der Waals surface area contributed by atoms with Gasteiger partial charge in [-0.1, -0.05) is 42.0 Å². The molecular formula is C19H27ClN2O2. The third-order valence-electron chi connectivity index (χ3n) is 3.43. The Morgan fingerprint density at radius 1 is 1.50 bits per heavy atom. The van der Waals surface area contributed by atoms with E-state index in [4.69, 9.17) is 21.7 Å². The van der Waals surface area contributed by atoms with Crippen molar-refractivity contribution < 1.29 is 9.53 Å². The number of nitrogens with zero attached hydrogens (tertiary/aromatic N) is 1. The lowest BCUT2D eigenvalue weighted by molar-refractivity contribution is 0.0233. The molecule has 1 amide bonds. The number of carbonyl (C=O) groups is 1. The first-order valence-electron chi connectivity index (χ1n) is 8.04. The van der Waals surface area contributed by atoms with Crippen molar-refractivity contribution in [3.8, 4) is 0 Å². The molecule has 1 rings (SSSR count). The van der Waals surface area contributed by atoms with Crippen LogP contribution in [0.5, 0.6) is 0 Å². The Kier molecular flexibility index (Phi) is 7.49. The van der Waals surface area contributed by atoms with Crippen molar-refractivity contribution >= 4 is 23.9 Å². The van der Waals surface area contributed by atoms with E-state index < -0.39 is 5.60 Å². The predicted molar refractivity (Wildman–Crippen MR) is 100 cm³/mol. The standard InChI is InChI=1S/C19H27ClN2O2/c1-14-11-16(9-7-6-8-10-17(20)13-21)12-15(2)22(14)18(23)24-19(3,4)5/h6,8-10,13,15,21H,1,7,11-12H2,2-5H3/b8-6-,16-9-,17-10+,21-13?. The Bertz CT molecular complexity index is 583. The van der Waals surface area contributed by atoms with Crippen LogP contribution in [0.1, 0.15) is 47.0 Å². The number of allylic oxidation sites excluding steroid dienone is 6. The van der Waals surface area contributed by atoms with Gasteiger partial charge in [0, 0.05) is 24.4 Å². The third-order valence-corrected chi connectivity index (χ3v) is 3.67. The lowest BCUT2D eigenvalue weighted by atomic mass is 9.95. The fourth-order valence-corrected chi connectivity index (χ4v) is 2.57. The van der Waals surface area contributed by atoms with Crippen LogP contribution in [0.2, 0.25) is 0 Å². The van der Waals surface area contributed by atoms with Gasteiger partial charge in [-0.3, -0.25) is 4.90 Å². The number of halogens is 1. The number of piperidine rings is 1. The van der Waals surface area contributed by atoms with E-state index in [0.29, 0.717) is 11.5 Å². The fourth-order valence-electron chi connectivity index (χ4n) is 2.50. The highest BCUT2D eigenvalue weighted by Gasteiger charge is 2.31. The van der Waals surface area contributed by atoms with Crippen LogP contribution >= 0.6 is 11.6 Å². The van der Waals surface area contributed by atoms with Gasteiger partial charge in [-0.15, -0.1) is 0 Å². The molecule has 1 N–H and O–H groups in total. The average Bonchev–Trinajstić information content (AvgIpc) is 2.43. The molecule has 5 heteroatoms. The monoisotopic (exact) mass is 350 g/mol. The van der Waals surface area contributed by atoms with E-state index in [1.54, 1.807) is 11.0 Å². The van der Waals surface area contributed by atoms with Gasteiger partial charge in [-0.25, -0.2) is 4.79 Å². The molecule has 0 aromatic rings. The van der Waals surface area contributed by atoms with E-state index in [2.05, 4.69) is 12.7 Å². The van der Waals surface area contributed by atoms with Crippen LogP contribution in [0.3, 0.4) is 0 Å². The first-order chi connectivity index (χ1) is 11.1. The molecule has 1 aliphatic heterocycles. The van der Waals surface area contributed by atoms with Gasteiger partial charge >= 0.3 is 6.09 Å². The number of rotatable bonds is 4. The highest BCUT2D eigenvalue weighted by atomic mass is 35.5. The fraction of sp³-hybridized carbons (Fsp3) is 0.474. The molecule has 1 aliphatic rings. The van der Waals surface area contributed by atoms with Crippen molar-refractivity contribution in [1.29, 1.82) is 5.41 Å². The zero-order chi connectivity index (χ0) is 18.3. The smallest absolute Gasteiger partial charge is 0.414 e. The van der Waals surface area contributed by atoms with Crippen molar-refractivity contribution in [3.05, 3.63) is 47.2 Å². The van der Waals surface area contributed by atoms with E-state index in [-0.39, 0.29) is 12.1 Å². The molecule has 1 unspecified atom stereocenters. The maximum absolute atomic E-state index is 12.3. The molecule has 1 saturated heterocycles. The summed E-state index contributed by atoms with van der Waals surface area (Å²) in [7, 11) is 0. The molecule has 4 nitrogen and oxygen atoms in total. The molecule has 0 saturated carbocycles. The third kappa shape index (κ3) is 6.75. The van der Waals surface area contributed by atoms with Crippen LogP contribution in [0.15, 0.2) is 47.2 Å². The van der Waals surface area contributed by atoms with Gasteiger partial charge in [0.2, 0.25) is 0 Å². The summed E-state index contributed by atoms with van der Waals surface area (Å²) < 4.78 is 5.46. The summed E-state index contributed by atoms with van der Waals surface area (Å²) in [6.07, 6.45) is 10.7. The maximum atomic E-state index is 12.3. The summed E-state index contributed by atoms with van der Waals surface area (Å²) in [6.45, 7) is 11.6. The van der Waals surface area contributed by atoms with E-state index >= 15 is 0 Å². The number of hydrogen-bond donors (Lipinski definition) is 1. The topological polar surface area (TPSA) is 53.4 Å². The second kappa shape index (κ2) is 8.88. The number of hydrogen-bond acceptors (Lipinski definition) is 3. The number of carbonyl (C=O) groups excluding carboxylic acids is 1. The molecule has 0 radical (unpaired) electrons. The maximum Gasteiger partial charge on any atom is 0.414 e. The van der Waals surface area contributed by atoms with Gasteiger partial charge < -0.3 is 10.1 Å². The lowest BCUT2D eigenvalue weighted by Gasteiger charge is -2.37. The second-order valence-electron chi connectivity index (χ2n) is 6.87. The van der Waals surface area contributed by atoms with Crippen LogP contribution in [0.25, 0.3) is 0 Å². The Morgan fingerprint density at radius 3 is 2.71 bits per heavy atom. The molecule has 132 valence electrons. The molecule has 1 heterocycles. The molecule has 0 aliphatic carbocycles. The van der Waals surface area contributed by atoms with Gasteiger partial charge in [0.25, 0.3) is 0 Å². The van der Waals surface area contributed by atoms with Crippen molar-refractivity contribution in [2.45, 2.75) is 58.6 Å². The molecule has 0 bridgehead atoms. The molecule has 0 spiro atoms. The summed E-state index contributed by atoms with van der Waals surface area (Å²) in [4.78, 5) is 14.0. The second-order valence-corrected chi connectivity index (χ2v) is 7.31. The Hall–Kier alpha value is -1.81. The van der Waals surface area contributed by atoms with Crippen LogP contribution in [-0.4, -0.2) is 28.9 Å². The van der Waals surface area contributed by atoms with Crippen molar-refractivity contribution in [1.82, 2.24) is 4.90 Å². The van der Waals surface area contributed by atoms with E-state index in [9.17, 15) is 4.79 Å². The quantitative estimate of drug-likeness (QED) is 0.409. The SMILES string of the molecule is C=C1C/C(=C/C/C=C\C=C(\Cl)C=N)CC(C)N1C(=O)OC(C)(C)C. The van der Waals surface area contributed by atoms with Gasteiger partial charge in [-0.2, -0.15) is 0 Å². The Labute approximate surface area is 150 Å². The van der Waals surface area contributed by atoms with Crippen molar-refractivity contribution in [2.75, 3.05) is 0 Å². The van der Waals surface area contributed by atoms with E-state index in [0.717, 1.165) is 24.8 Å². The van der Waals surface area contributed by atoms with Gasteiger partial charge in [0.15, 0.2) is 0 Å². The normalized spacial score (nSPS) is 21.5. The van der Waals surface area contributed by atoms with Gasteiger partial charge in [-0.05, 0) is 46.6 Å². The minimum Gasteiger partial charge on any atom is -0.443 e. The molecule has 1 atom stereocenters. The molecular weight excluding hydrogens is 324 g/mol. The number of likely N-dealkylation sites (tertiary alicyclic amines) is 1. The minimum absolute atomic E-state index is 0.0311. The first kappa shape index (κ1) is 20.2. The van der Waals surface area contributed by atoms with Crippen LogP contribution in [0.4, 0.5) is 4.79 Å². The zero-order valence-electron chi connectivity index (χ0n) is 14.9. The van der Waals surface area contributed by atoms with Crippen LogP contribution in [0, 0.1) is 5.41 Å². The zero-order valence-corrected chi connectivity index (χ0v) is 15.7. The molecule has 0 aromatic heterocycles. The average molecular weight is 351 g/mol. The van der Waals surface area contributed by atoms with Crippen LogP contribution < -0.4 is 0 Å². The summed E-state index contributed by atoms with van der Waals surface area (Å²) >= 11 is 5.71. The molecule has 24 heavy (non-hydrogen) atoms. The van der Waals surface area contributed by atoms with Crippen LogP contribution in [-0.2, 0) is 4.74 Å². The van der Waals surface area contributed by atoms with Crippen molar-refractivity contribution in [3.63, 3.8) is 0 Å². The Balaban J connectivity index is 2.65. The lowest BCUT2D eigenvalue weighted by Crippen LogP contribution is -2.43. The summed E-state index contributed by atoms with van der Waals surface area (Å²) in [6, 6.07) is 0.0311. The highest BCUT2D eigenvalue weighted by molar-refractivity contribution is 6.39. The predicted octanol–water partition coefficient (Wildman–Crippen LogP) is 5.56. The Morgan fingerprint density at radius 2 is 2.17 bits per heavy atom. The largest absolute Gasteiger partial charge is 0.443 e. The summed E-state index contributed by atoms with van der Waals surface area (Å²) in [5.41, 5.74) is 1.52. The molecule has 0 aromatic carbocycles. The summed E-state index contributed by atoms with van der Waals surface area (Å²) in [5, 5.41) is 7.37. The minimum atomic E-state index is -0.511.